The minimum atomic E-state index is 0.259. The molecule has 6 nitrogen and oxygen atoms in total. The van der Waals surface area contributed by atoms with Crippen LogP contribution in [0, 0.1) is 0 Å². The number of methoxy groups -OCH3 is 2. The molecule has 0 unspecified atom stereocenters. The van der Waals surface area contributed by atoms with E-state index in [2.05, 4.69) is 17.1 Å². The van der Waals surface area contributed by atoms with Gasteiger partial charge in [0.25, 0.3) is 0 Å². The monoisotopic (exact) mass is 349 g/mol. The predicted octanol–water partition coefficient (Wildman–Crippen LogP) is 1.39. The molecule has 1 heterocycles. The molecule has 1 aliphatic heterocycles. The maximum Gasteiger partial charge on any atom is 0.223 e. The van der Waals surface area contributed by atoms with Crippen molar-refractivity contribution in [1.29, 1.82) is 0 Å². The molecular weight excluding hydrogens is 318 g/mol. The molecule has 0 radical (unpaired) electrons. The zero-order valence-corrected chi connectivity index (χ0v) is 15.7. The van der Waals surface area contributed by atoms with E-state index in [1.165, 1.54) is 5.56 Å². The Labute approximate surface area is 151 Å². The summed E-state index contributed by atoms with van der Waals surface area (Å²) in [6.45, 7) is 8.51. The van der Waals surface area contributed by atoms with Crippen LogP contribution < -0.4 is 14.8 Å². The summed E-state index contributed by atoms with van der Waals surface area (Å²) in [5, 5.41) is 3.36. The average Bonchev–Trinajstić information content (AvgIpc) is 2.67. The normalized spacial score (nSPS) is 15.2. The number of carbonyl (C=O) groups is 1. The highest BCUT2D eigenvalue weighted by Gasteiger charge is 2.19. The fourth-order valence-corrected chi connectivity index (χ4v) is 3.06. The number of piperazine rings is 1. The second kappa shape index (κ2) is 10.3. The Hall–Kier alpha value is -1.79. The molecule has 1 saturated heterocycles. The maximum absolute atomic E-state index is 12.2. The fraction of sp³-hybridized carbons (Fsp3) is 0.632. The lowest BCUT2D eigenvalue weighted by Crippen LogP contribution is -2.48. The van der Waals surface area contributed by atoms with E-state index in [1.54, 1.807) is 14.2 Å². The summed E-state index contributed by atoms with van der Waals surface area (Å²) in [4.78, 5) is 16.6. The number of ether oxygens (including phenoxy) is 2. The minimum absolute atomic E-state index is 0.259. The molecule has 0 aliphatic carbocycles. The molecule has 6 heteroatoms. The topological polar surface area (TPSA) is 54.0 Å². The number of carbonyl (C=O) groups excluding carboxylic acids is 1. The number of nitrogens with zero attached hydrogens (tertiary/aromatic N) is 2. The van der Waals surface area contributed by atoms with Crippen LogP contribution in [-0.4, -0.2) is 75.7 Å². The first kappa shape index (κ1) is 19.5. The van der Waals surface area contributed by atoms with Crippen molar-refractivity contribution < 1.29 is 14.3 Å². The standard InChI is InChI=1S/C19H31N3O3/c1-4-21-11-13-22(14-12-21)19(23)8-10-20-9-7-16-5-6-17(24-2)18(15-16)25-3/h5-6,15,20H,4,7-14H2,1-3H3. The summed E-state index contributed by atoms with van der Waals surface area (Å²) in [5.74, 6) is 1.75. The molecule has 0 aromatic heterocycles. The van der Waals surface area contributed by atoms with Crippen molar-refractivity contribution in [3.05, 3.63) is 23.8 Å². The number of benzene rings is 1. The van der Waals surface area contributed by atoms with Crippen LogP contribution >= 0.6 is 0 Å². The number of amides is 1. The summed E-state index contributed by atoms with van der Waals surface area (Å²) in [6, 6.07) is 5.97. The average molecular weight is 349 g/mol. The SMILES string of the molecule is CCN1CCN(C(=O)CCNCCc2ccc(OC)c(OC)c2)CC1. The van der Waals surface area contributed by atoms with Crippen molar-refractivity contribution >= 4 is 5.91 Å². The van der Waals surface area contributed by atoms with Gasteiger partial charge in [0.1, 0.15) is 0 Å². The fourth-order valence-electron chi connectivity index (χ4n) is 3.06. The van der Waals surface area contributed by atoms with Gasteiger partial charge < -0.3 is 24.6 Å². The van der Waals surface area contributed by atoms with Gasteiger partial charge in [-0.2, -0.15) is 0 Å². The Bertz CT molecular complexity index is 543. The van der Waals surface area contributed by atoms with Crippen molar-refractivity contribution in [3.63, 3.8) is 0 Å². The van der Waals surface area contributed by atoms with Gasteiger partial charge in [-0.15, -0.1) is 0 Å². The first-order valence-electron chi connectivity index (χ1n) is 9.09. The zero-order valence-electron chi connectivity index (χ0n) is 15.7. The van der Waals surface area contributed by atoms with Crippen LogP contribution in [-0.2, 0) is 11.2 Å². The smallest absolute Gasteiger partial charge is 0.223 e. The Balaban J connectivity index is 1.64. The highest BCUT2D eigenvalue weighted by molar-refractivity contribution is 5.76. The first-order valence-corrected chi connectivity index (χ1v) is 9.09. The van der Waals surface area contributed by atoms with Crippen LogP contribution in [0.15, 0.2) is 18.2 Å². The van der Waals surface area contributed by atoms with Crippen molar-refractivity contribution in [2.45, 2.75) is 19.8 Å². The van der Waals surface area contributed by atoms with Gasteiger partial charge in [0, 0.05) is 39.1 Å². The lowest BCUT2D eigenvalue weighted by Gasteiger charge is -2.34. The third-order valence-electron chi connectivity index (χ3n) is 4.73. The Morgan fingerprint density at radius 3 is 2.44 bits per heavy atom. The number of hydrogen-bond acceptors (Lipinski definition) is 5. The molecule has 1 N–H and O–H groups in total. The molecule has 25 heavy (non-hydrogen) atoms. The Morgan fingerprint density at radius 2 is 1.80 bits per heavy atom. The number of likely N-dealkylation sites (N-methyl/N-ethyl adjacent to an activating group) is 1. The van der Waals surface area contributed by atoms with E-state index in [1.807, 2.05) is 23.1 Å². The van der Waals surface area contributed by atoms with E-state index >= 15 is 0 Å². The largest absolute Gasteiger partial charge is 0.493 e. The minimum Gasteiger partial charge on any atom is -0.493 e. The van der Waals surface area contributed by atoms with Gasteiger partial charge >= 0.3 is 0 Å². The molecular formula is C19H31N3O3. The lowest BCUT2D eigenvalue weighted by molar-refractivity contribution is -0.132. The molecule has 1 aromatic carbocycles. The molecule has 2 rings (SSSR count). The van der Waals surface area contributed by atoms with Gasteiger partial charge in [0.15, 0.2) is 11.5 Å². The number of nitrogens with one attached hydrogen (secondary N) is 1. The third-order valence-corrected chi connectivity index (χ3v) is 4.73. The van der Waals surface area contributed by atoms with Gasteiger partial charge in [0.05, 0.1) is 14.2 Å². The second-order valence-corrected chi connectivity index (χ2v) is 6.25. The molecule has 1 amide bonds. The Kier molecular flexibility index (Phi) is 8.01. The van der Waals surface area contributed by atoms with Gasteiger partial charge in [-0.25, -0.2) is 0 Å². The summed E-state index contributed by atoms with van der Waals surface area (Å²) in [7, 11) is 3.28. The molecule has 140 valence electrons. The van der Waals surface area contributed by atoms with Crippen LogP contribution in [0.25, 0.3) is 0 Å². The van der Waals surface area contributed by atoms with E-state index in [0.717, 1.165) is 63.7 Å². The highest BCUT2D eigenvalue weighted by Crippen LogP contribution is 2.27. The number of rotatable bonds is 9. The van der Waals surface area contributed by atoms with Crippen molar-refractivity contribution in [3.8, 4) is 11.5 Å². The molecule has 0 bridgehead atoms. The van der Waals surface area contributed by atoms with Gasteiger partial charge in [-0.3, -0.25) is 4.79 Å². The molecule has 0 saturated carbocycles. The summed E-state index contributed by atoms with van der Waals surface area (Å²) >= 11 is 0. The van der Waals surface area contributed by atoms with E-state index in [4.69, 9.17) is 9.47 Å². The molecule has 1 fully saturated rings. The van der Waals surface area contributed by atoms with Crippen molar-refractivity contribution in [1.82, 2.24) is 15.1 Å². The van der Waals surface area contributed by atoms with E-state index in [-0.39, 0.29) is 5.91 Å². The third kappa shape index (κ3) is 5.90. The Morgan fingerprint density at radius 1 is 1.08 bits per heavy atom. The summed E-state index contributed by atoms with van der Waals surface area (Å²) in [5.41, 5.74) is 1.19. The highest BCUT2D eigenvalue weighted by atomic mass is 16.5. The van der Waals surface area contributed by atoms with Crippen LogP contribution in [0.3, 0.4) is 0 Å². The predicted molar refractivity (Wildman–Crippen MR) is 99.4 cm³/mol. The molecule has 0 spiro atoms. The first-order chi connectivity index (χ1) is 12.2. The van der Waals surface area contributed by atoms with Crippen molar-refractivity contribution in [2.75, 3.05) is 60.0 Å². The molecule has 1 aliphatic rings. The van der Waals surface area contributed by atoms with Crippen LogP contribution in [0.5, 0.6) is 11.5 Å². The quantitative estimate of drug-likeness (QED) is 0.683. The van der Waals surface area contributed by atoms with Gasteiger partial charge in [-0.05, 0) is 37.2 Å². The zero-order chi connectivity index (χ0) is 18.1. The van der Waals surface area contributed by atoms with E-state index in [0.29, 0.717) is 6.42 Å². The molecule has 1 aromatic rings. The van der Waals surface area contributed by atoms with Crippen LogP contribution in [0.4, 0.5) is 0 Å². The second-order valence-electron chi connectivity index (χ2n) is 6.25. The van der Waals surface area contributed by atoms with Gasteiger partial charge in [-0.1, -0.05) is 13.0 Å². The van der Waals surface area contributed by atoms with Crippen LogP contribution in [0.1, 0.15) is 18.9 Å². The summed E-state index contributed by atoms with van der Waals surface area (Å²) < 4.78 is 10.6. The van der Waals surface area contributed by atoms with Gasteiger partial charge in [0.2, 0.25) is 5.91 Å². The summed E-state index contributed by atoms with van der Waals surface area (Å²) in [6.07, 6.45) is 1.46. The van der Waals surface area contributed by atoms with E-state index in [9.17, 15) is 4.79 Å². The number of hydrogen-bond donors (Lipinski definition) is 1. The van der Waals surface area contributed by atoms with Crippen LogP contribution in [0.2, 0.25) is 0 Å². The maximum atomic E-state index is 12.2. The van der Waals surface area contributed by atoms with Crippen molar-refractivity contribution in [2.24, 2.45) is 0 Å². The lowest BCUT2D eigenvalue weighted by atomic mass is 10.1. The van der Waals surface area contributed by atoms with E-state index < -0.39 is 0 Å². The molecule has 0 atom stereocenters.